The molecule has 1 fully saturated rings. The van der Waals surface area contributed by atoms with Gasteiger partial charge in [0.2, 0.25) is 0 Å². The van der Waals surface area contributed by atoms with Crippen molar-refractivity contribution in [3.8, 4) is 0 Å². The fourth-order valence-electron chi connectivity index (χ4n) is 3.56. The third-order valence-corrected chi connectivity index (χ3v) is 5.72. The normalized spacial score (nSPS) is 14.7. The average molecular weight is 428 g/mol. The molecule has 0 saturated carbocycles. The lowest BCUT2D eigenvalue weighted by atomic mass is 10.1. The van der Waals surface area contributed by atoms with Gasteiger partial charge >= 0.3 is 0 Å². The molecule has 0 aliphatic carbocycles. The van der Waals surface area contributed by atoms with Crippen LogP contribution in [-0.4, -0.2) is 60.9 Å². The predicted octanol–water partition coefficient (Wildman–Crippen LogP) is 3.46. The highest BCUT2D eigenvalue weighted by atomic mass is 35.5. The molecule has 0 unspecified atom stereocenters. The topological polar surface area (TPSA) is 65.2 Å². The molecule has 2 aromatic rings. The van der Waals surface area contributed by atoms with Crippen molar-refractivity contribution in [2.45, 2.75) is 20.4 Å². The Labute approximate surface area is 183 Å². The van der Waals surface area contributed by atoms with Crippen molar-refractivity contribution in [1.82, 2.24) is 9.80 Å². The number of carbonyl (C=O) groups excluding carboxylic acids is 1. The second kappa shape index (κ2) is 10.3. The second-order valence-corrected chi connectivity index (χ2v) is 7.74. The number of halogens is 1. The molecule has 0 atom stereocenters. The number of rotatable bonds is 6. The van der Waals surface area contributed by atoms with Gasteiger partial charge in [-0.1, -0.05) is 23.7 Å². The van der Waals surface area contributed by atoms with Gasteiger partial charge < -0.3 is 20.4 Å². The van der Waals surface area contributed by atoms with E-state index in [1.807, 2.05) is 67.3 Å². The summed E-state index contributed by atoms with van der Waals surface area (Å²) in [5, 5.41) is 0.749. The average Bonchev–Trinajstić information content (AvgIpc) is 2.79. The number of nitrogens with two attached hydrogens (primary N) is 1. The summed E-state index contributed by atoms with van der Waals surface area (Å²) < 4.78 is 0. The van der Waals surface area contributed by atoms with Crippen LogP contribution in [0.2, 0.25) is 5.02 Å². The van der Waals surface area contributed by atoms with Crippen molar-refractivity contribution in [3.05, 3.63) is 64.7 Å². The van der Waals surface area contributed by atoms with Crippen molar-refractivity contribution in [3.63, 3.8) is 0 Å². The van der Waals surface area contributed by atoms with Crippen LogP contribution in [0.25, 0.3) is 0 Å². The Bertz CT molecular complexity index is 854. The number of hydrogen-bond donors (Lipinski definition) is 1. The van der Waals surface area contributed by atoms with Crippen LogP contribution in [0.5, 0.6) is 0 Å². The maximum absolute atomic E-state index is 12.4. The number of guanidine groups is 1. The van der Waals surface area contributed by atoms with E-state index in [9.17, 15) is 4.79 Å². The first kappa shape index (κ1) is 22.0. The highest BCUT2D eigenvalue weighted by Crippen LogP contribution is 2.19. The quantitative estimate of drug-likeness (QED) is 0.566. The molecule has 0 spiro atoms. The van der Waals surface area contributed by atoms with Crippen molar-refractivity contribution in [2.24, 2.45) is 10.7 Å². The van der Waals surface area contributed by atoms with E-state index in [2.05, 4.69) is 14.8 Å². The van der Waals surface area contributed by atoms with Gasteiger partial charge in [0.25, 0.3) is 5.91 Å². The van der Waals surface area contributed by atoms with Gasteiger partial charge in [-0.3, -0.25) is 4.79 Å². The Kier molecular flexibility index (Phi) is 7.57. The molecule has 6 nitrogen and oxygen atoms in total. The molecule has 30 heavy (non-hydrogen) atoms. The summed E-state index contributed by atoms with van der Waals surface area (Å²) >= 11 is 5.97. The van der Waals surface area contributed by atoms with Gasteiger partial charge in [-0.05, 0) is 55.8 Å². The Balaban J connectivity index is 1.53. The largest absolute Gasteiger partial charge is 0.370 e. The van der Waals surface area contributed by atoms with E-state index in [4.69, 9.17) is 17.3 Å². The number of anilines is 1. The van der Waals surface area contributed by atoms with Crippen LogP contribution in [0.1, 0.15) is 29.8 Å². The van der Waals surface area contributed by atoms with Crippen LogP contribution in [-0.2, 0) is 6.54 Å². The van der Waals surface area contributed by atoms with Crippen LogP contribution in [0, 0.1) is 0 Å². The van der Waals surface area contributed by atoms with Crippen LogP contribution in [0.3, 0.4) is 0 Å². The van der Waals surface area contributed by atoms with Gasteiger partial charge in [0.1, 0.15) is 0 Å². The maximum Gasteiger partial charge on any atom is 0.253 e. The van der Waals surface area contributed by atoms with Crippen LogP contribution < -0.4 is 10.6 Å². The van der Waals surface area contributed by atoms with Gasteiger partial charge in [0.05, 0.1) is 6.54 Å². The Morgan fingerprint density at radius 3 is 2.17 bits per heavy atom. The standard InChI is InChI=1S/C23H30ClN5O/c1-3-27(4-2)22(30)19-7-5-18(6-8-19)17-26-23(25)29-15-13-28(14-16-29)21-11-9-20(24)10-12-21/h5-12H,3-4,13-17H2,1-2H3,(H2,25,26). The van der Waals surface area contributed by atoms with E-state index in [1.54, 1.807) is 0 Å². The molecule has 1 aliphatic rings. The lowest BCUT2D eigenvalue weighted by Gasteiger charge is -2.36. The predicted molar refractivity (Wildman–Crippen MR) is 124 cm³/mol. The summed E-state index contributed by atoms with van der Waals surface area (Å²) in [5.74, 6) is 0.627. The lowest BCUT2D eigenvalue weighted by Crippen LogP contribution is -2.51. The molecular weight excluding hydrogens is 398 g/mol. The SMILES string of the molecule is CCN(CC)C(=O)c1ccc(CN=C(N)N2CCN(c3ccc(Cl)cc3)CC2)cc1. The third kappa shape index (κ3) is 5.45. The van der Waals surface area contributed by atoms with Crippen LogP contribution >= 0.6 is 11.6 Å². The van der Waals surface area contributed by atoms with Crippen molar-refractivity contribution < 1.29 is 4.79 Å². The summed E-state index contributed by atoms with van der Waals surface area (Å²) in [7, 11) is 0. The second-order valence-electron chi connectivity index (χ2n) is 7.30. The van der Waals surface area contributed by atoms with E-state index >= 15 is 0 Å². The van der Waals surface area contributed by atoms with Gasteiger partial charge in [-0.15, -0.1) is 0 Å². The fourth-order valence-corrected chi connectivity index (χ4v) is 3.69. The Hall–Kier alpha value is -2.73. The summed E-state index contributed by atoms with van der Waals surface area (Å²) in [5.41, 5.74) is 9.15. The maximum atomic E-state index is 12.4. The number of carbonyl (C=O) groups is 1. The zero-order chi connectivity index (χ0) is 21.5. The van der Waals surface area contributed by atoms with Crippen LogP contribution in [0.4, 0.5) is 5.69 Å². The summed E-state index contributed by atoms with van der Waals surface area (Å²) in [6, 6.07) is 15.6. The molecule has 7 heteroatoms. The molecule has 1 heterocycles. The van der Waals surface area contributed by atoms with E-state index in [1.165, 1.54) is 5.69 Å². The molecule has 0 aromatic heterocycles. The minimum atomic E-state index is 0.0631. The lowest BCUT2D eigenvalue weighted by molar-refractivity contribution is 0.0773. The number of amides is 1. The minimum absolute atomic E-state index is 0.0631. The van der Waals surface area contributed by atoms with Crippen molar-refractivity contribution in [2.75, 3.05) is 44.2 Å². The number of hydrogen-bond acceptors (Lipinski definition) is 3. The molecule has 3 rings (SSSR count). The Morgan fingerprint density at radius 2 is 1.60 bits per heavy atom. The molecule has 1 aliphatic heterocycles. The molecule has 0 bridgehead atoms. The van der Waals surface area contributed by atoms with Gasteiger partial charge in [0.15, 0.2) is 5.96 Å². The van der Waals surface area contributed by atoms with Crippen molar-refractivity contribution >= 4 is 29.2 Å². The zero-order valence-corrected chi connectivity index (χ0v) is 18.5. The number of piperazine rings is 1. The van der Waals surface area contributed by atoms with Gasteiger partial charge in [-0.25, -0.2) is 4.99 Å². The highest BCUT2D eigenvalue weighted by Gasteiger charge is 2.18. The minimum Gasteiger partial charge on any atom is -0.370 e. The molecule has 0 radical (unpaired) electrons. The van der Waals surface area contributed by atoms with E-state index in [0.717, 1.165) is 36.8 Å². The first-order chi connectivity index (χ1) is 14.5. The van der Waals surface area contributed by atoms with E-state index in [-0.39, 0.29) is 5.91 Å². The third-order valence-electron chi connectivity index (χ3n) is 5.47. The van der Waals surface area contributed by atoms with Crippen LogP contribution in [0.15, 0.2) is 53.5 Å². The van der Waals surface area contributed by atoms with Gasteiger partial charge in [-0.2, -0.15) is 0 Å². The summed E-state index contributed by atoms with van der Waals surface area (Å²) in [4.78, 5) is 23.2. The first-order valence-electron chi connectivity index (χ1n) is 10.5. The first-order valence-corrected chi connectivity index (χ1v) is 10.8. The number of aliphatic imine (C=N–C) groups is 1. The molecule has 1 amide bonds. The molecule has 2 N–H and O–H groups in total. The molecule has 160 valence electrons. The smallest absolute Gasteiger partial charge is 0.253 e. The monoisotopic (exact) mass is 427 g/mol. The van der Waals surface area contributed by atoms with E-state index in [0.29, 0.717) is 31.2 Å². The zero-order valence-electron chi connectivity index (χ0n) is 17.7. The van der Waals surface area contributed by atoms with Crippen molar-refractivity contribution in [1.29, 1.82) is 0 Å². The molecular formula is C23H30ClN5O. The molecule has 2 aromatic carbocycles. The highest BCUT2D eigenvalue weighted by molar-refractivity contribution is 6.30. The number of benzene rings is 2. The fraction of sp³-hybridized carbons (Fsp3) is 0.391. The summed E-state index contributed by atoms with van der Waals surface area (Å²) in [6.45, 7) is 9.34. The molecule has 1 saturated heterocycles. The van der Waals surface area contributed by atoms with E-state index < -0.39 is 0 Å². The van der Waals surface area contributed by atoms with Gasteiger partial charge in [0, 0.05) is 55.5 Å². The Morgan fingerprint density at radius 1 is 1.00 bits per heavy atom. The number of nitrogens with zero attached hydrogens (tertiary/aromatic N) is 4. The summed E-state index contributed by atoms with van der Waals surface area (Å²) in [6.07, 6.45) is 0.